The van der Waals surface area contributed by atoms with Gasteiger partial charge in [0.25, 0.3) is 0 Å². The fourth-order valence-corrected chi connectivity index (χ4v) is 3.38. The number of carbonyl (C=O) groups is 1. The Balaban J connectivity index is 1.91. The molecule has 0 aromatic carbocycles. The quantitative estimate of drug-likeness (QED) is 0.748. The van der Waals surface area contributed by atoms with E-state index in [4.69, 9.17) is 5.73 Å². The van der Waals surface area contributed by atoms with Gasteiger partial charge in [0.1, 0.15) is 9.71 Å². The highest BCUT2D eigenvalue weighted by Crippen LogP contribution is 2.38. The lowest BCUT2D eigenvalue weighted by atomic mass is 10.2. The molecule has 7 heteroatoms. The normalized spacial score (nSPS) is 10.8. The average molecular weight is 328 g/mol. The number of nitrogen functional groups attached to an aromatic ring is 1. The van der Waals surface area contributed by atoms with Crippen molar-refractivity contribution < 1.29 is 9.90 Å². The van der Waals surface area contributed by atoms with Gasteiger partial charge in [-0.25, -0.2) is 9.78 Å². The van der Waals surface area contributed by atoms with Crippen molar-refractivity contribution in [2.75, 3.05) is 24.2 Å². The van der Waals surface area contributed by atoms with Crippen molar-refractivity contribution in [3.63, 3.8) is 0 Å². The van der Waals surface area contributed by atoms with Crippen molar-refractivity contribution in [2.45, 2.75) is 6.42 Å². The maximum absolute atomic E-state index is 11.3. The number of carboxylic acid groups (broad SMARTS) is 1. The Bertz CT molecular complexity index is 848. The van der Waals surface area contributed by atoms with Gasteiger partial charge in [0, 0.05) is 38.1 Å². The minimum absolute atomic E-state index is 0.137. The zero-order valence-corrected chi connectivity index (χ0v) is 13.4. The van der Waals surface area contributed by atoms with Crippen LogP contribution in [0.1, 0.15) is 15.4 Å². The summed E-state index contributed by atoms with van der Waals surface area (Å²) in [6.45, 7) is 0.744. The van der Waals surface area contributed by atoms with Crippen LogP contribution in [-0.4, -0.2) is 34.6 Å². The van der Waals surface area contributed by atoms with Crippen LogP contribution in [0.4, 0.5) is 11.4 Å². The Labute approximate surface area is 137 Å². The Hall–Kier alpha value is -2.67. The molecule has 3 aromatic heterocycles. The highest BCUT2D eigenvalue weighted by Gasteiger charge is 2.20. The van der Waals surface area contributed by atoms with E-state index in [0.29, 0.717) is 10.2 Å². The van der Waals surface area contributed by atoms with Gasteiger partial charge in [0.05, 0.1) is 16.8 Å². The number of pyridine rings is 2. The van der Waals surface area contributed by atoms with Gasteiger partial charge in [-0.05, 0) is 18.2 Å². The number of aromatic nitrogens is 2. The maximum Gasteiger partial charge on any atom is 0.348 e. The molecule has 0 amide bonds. The first-order valence-electron chi connectivity index (χ1n) is 7.09. The molecular weight excluding hydrogens is 312 g/mol. The number of likely N-dealkylation sites (N-methyl/N-ethyl adjacent to an activating group) is 1. The SMILES string of the molecule is CN(CCc1ccccn1)c1ccnc2sc(C(=O)O)c(N)c12. The molecule has 3 aromatic rings. The fourth-order valence-electron chi connectivity index (χ4n) is 2.45. The molecule has 0 saturated heterocycles. The van der Waals surface area contributed by atoms with Crippen LogP contribution < -0.4 is 10.6 Å². The number of fused-ring (bicyclic) bond motifs is 1. The Morgan fingerprint density at radius 3 is 2.83 bits per heavy atom. The molecule has 23 heavy (non-hydrogen) atoms. The van der Waals surface area contributed by atoms with Crippen molar-refractivity contribution >= 4 is 38.9 Å². The van der Waals surface area contributed by atoms with Crippen molar-refractivity contribution in [1.29, 1.82) is 0 Å². The first kappa shape index (κ1) is 15.2. The van der Waals surface area contributed by atoms with Gasteiger partial charge < -0.3 is 15.7 Å². The molecule has 0 saturated carbocycles. The van der Waals surface area contributed by atoms with Gasteiger partial charge in [0.2, 0.25) is 0 Å². The van der Waals surface area contributed by atoms with Gasteiger partial charge in [-0.2, -0.15) is 0 Å². The molecule has 0 aliphatic carbocycles. The third-order valence-corrected chi connectivity index (χ3v) is 4.74. The van der Waals surface area contributed by atoms with E-state index in [-0.39, 0.29) is 10.6 Å². The molecule has 0 bridgehead atoms. The monoisotopic (exact) mass is 328 g/mol. The second kappa shape index (κ2) is 6.21. The molecule has 0 spiro atoms. The maximum atomic E-state index is 11.3. The van der Waals surface area contributed by atoms with E-state index in [1.807, 2.05) is 36.2 Å². The van der Waals surface area contributed by atoms with Crippen LogP contribution >= 0.6 is 11.3 Å². The zero-order valence-electron chi connectivity index (χ0n) is 12.6. The number of aromatic carboxylic acids is 1. The summed E-state index contributed by atoms with van der Waals surface area (Å²) in [7, 11) is 1.95. The number of carboxylic acids is 1. The van der Waals surface area contributed by atoms with E-state index in [1.54, 1.807) is 12.4 Å². The Morgan fingerprint density at radius 1 is 1.30 bits per heavy atom. The van der Waals surface area contributed by atoms with Crippen LogP contribution in [0, 0.1) is 0 Å². The second-order valence-electron chi connectivity index (χ2n) is 5.15. The first-order valence-corrected chi connectivity index (χ1v) is 7.91. The van der Waals surface area contributed by atoms with E-state index in [9.17, 15) is 9.90 Å². The summed E-state index contributed by atoms with van der Waals surface area (Å²) < 4.78 is 0. The summed E-state index contributed by atoms with van der Waals surface area (Å²) in [6, 6.07) is 7.69. The minimum atomic E-state index is -1.02. The number of nitrogens with two attached hydrogens (primary N) is 1. The van der Waals surface area contributed by atoms with Gasteiger partial charge in [-0.15, -0.1) is 11.3 Å². The molecule has 0 aliphatic heterocycles. The molecule has 3 N–H and O–H groups in total. The largest absolute Gasteiger partial charge is 0.477 e. The van der Waals surface area contributed by atoms with Crippen molar-refractivity contribution in [2.24, 2.45) is 0 Å². The Kier molecular flexibility index (Phi) is 4.12. The van der Waals surface area contributed by atoms with E-state index < -0.39 is 5.97 Å². The number of nitrogens with zero attached hydrogens (tertiary/aromatic N) is 3. The van der Waals surface area contributed by atoms with E-state index >= 15 is 0 Å². The van der Waals surface area contributed by atoms with Crippen LogP contribution in [0.3, 0.4) is 0 Å². The highest BCUT2D eigenvalue weighted by atomic mass is 32.1. The smallest absolute Gasteiger partial charge is 0.348 e. The lowest BCUT2D eigenvalue weighted by molar-refractivity contribution is 0.0703. The molecule has 118 valence electrons. The predicted molar refractivity (Wildman–Crippen MR) is 92.2 cm³/mol. The van der Waals surface area contributed by atoms with Crippen LogP contribution in [0.25, 0.3) is 10.2 Å². The summed E-state index contributed by atoms with van der Waals surface area (Å²) in [5.74, 6) is -1.02. The summed E-state index contributed by atoms with van der Waals surface area (Å²) in [5.41, 5.74) is 8.21. The summed E-state index contributed by atoms with van der Waals surface area (Å²) in [6.07, 6.45) is 4.24. The third-order valence-electron chi connectivity index (χ3n) is 3.64. The van der Waals surface area contributed by atoms with E-state index in [1.165, 1.54) is 0 Å². The summed E-state index contributed by atoms with van der Waals surface area (Å²) >= 11 is 1.10. The van der Waals surface area contributed by atoms with Gasteiger partial charge in [0.15, 0.2) is 0 Å². The number of thiophene rings is 1. The van der Waals surface area contributed by atoms with Crippen molar-refractivity contribution in [3.05, 3.63) is 47.2 Å². The second-order valence-corrected chi connectivity index (χ2v) is 6.15. The minimum Gasteiger partial charge on any atom is -0.477 e. The zero-order chi connectivity index (χ0) is 16.4. The third kappa shape index (κ3) is 2.95. The number of hydrogen-bond donors (Lipinski definition) is 2. The van der Waals surface area contributed by atoms with Gasteiger partial charge in [-0.3, -0.25) is 4.98 Å². The van der Waals surface area contributed by atoms with Crippen LogP contribution in [0.15, 0.2) is 36.7 Å². The predicted octanol–water partition coefficient (Wildman–Crippen LogP) is 2.65. The lowest BCUT2D eigenvalue weighted by Crippen LogP contribution is -2.21. The van der Waals surface area contributed by atoms with Crippen molar-refractivity contribution in [3.8, 4) is 0 Å². The number of anilines is 2. The topological polar surface area (TPSA) is 92.3 Å². The molecule has 3 rings (SSSR count). The average Bonchev–Trinajstić information content (AvgIpc) is 2.91. The van der Waals surface area contributed by atoms with E-state index in [2.05, 4.69) is 9.97 Å². The molecular formula is C16H16N4O2S. The summed E-state index contributed by atoms with van der Waals surface area (Å²) in [4.78, 5) is 22.6. The Morgan fingerprint density at radius 2 is 2.13 bits per heavy atom. The molecule has 0 atom stereocenters. The molecule has 6 nitrogen and oxygen atoms in total. The first-order chi connectivity index (χ1) is 11.1. The highest BCUT2D eigenvalue weighted by molar-refractivity contribution is 7.21. The number of hydrogen-bond acceptors (Lipinski definition) is 6. The van der Waals surface area contributed by atoms with Gasteiger partial charge >= 0.3 is 5.97 Å². The molecule has 0 aliphatic rings. The lowest BCUT2D eigenvalue weighted by Gasteiger charge is -2.20. The molecule has 0 unspecified atom stereocenters. The standard InChI is InChI=1S/C16H16N4O2S/c1-20(9-6-10-4-2-3-7-18-10)11-5-8-19-15-12(11)13(17)14(23-15)16(21)22/h2-5,7-8H,6,9,17H2,1H3,(H,21,22). The number of rotatable bonds is 5. The molecule has 0 fully saturated rings. The van der Waals surface area contributed by atoms with Gasteiger partial charge in [-0.1, -0.05) is 6.07 Å². The molecule has 0 radical (unpaired) electrons. The van der Waals surface area contributed by atoms with E-state index in [0.717, 1.165) is 35.7 Å². The fraction of sp³-hybridized carbons (Fsp3) is 0.188. The van der Waals surface area contributed by atoms with Crippen molar-refractivity contribution in [1.82, 2.24) is 9.97 Å². The van der Waals surface area contributed by atoms with Crippen LogP contribution in [0.5, 0.6) is 0 Å². The van der Waals surface area contributed by atoms with Crippen LogP contribution in [0.2, 0.25) is 0 Å². The molecule has 3 heterocycles. The van der Waals surface area contributed by atoms with Crippen LogP contribution in [-0.2, 0) is 6.42 Å². The summed E-state index contributed by atoms with van der Waals surface area (Å²) in [5, 5.41) is 9.94.